The summed E-state index contributed by atoms with van der Waals surface area (Å²) in [6.07, 6.45) is -0.692. The number of aliphatic hydroxyl groups is 1. The van der Waals surface area contributed by atoms with Crippen molar-refractivity contribution in [3.05, 3.63) is 92.4 Å². The van der Waals surface area contributed by atoms with Gasteiger partial charge in [-0.1, -0.05) is 41.9 Å². The van der Waals surface area contributed by atoms with Gasteiger partial charge in [0.2, 0.25) is 0 Å². The smallest absolute Gasteiger partial charge is 0.253 e. The summed E-state index contributed by atoms with van der Waals surface area (Å²) in [7, 11) is 0. The lowest BCUT2D eigenvalue weighted by Crippen LogP contribution is -2.22. The maximum absolute atomic E-state index is 13.0. The van der Waals surface area contributed by atoms with E-state index < -0.39 is 11.9 Å². The highest BCUT2D eigenvalue weighted by Crippen LogP contribution is 2.28. The van der Waals surface area contributed by atoms with Gasteiger partial charge >= 0.3 is 0 Å². The number of nitrogens with one attached hydrogen (secondary N) is 1. The molecule has 0 aliphatic rings. The van der Waals surface area contributed by atoms with Crippen molar-refractivity contribution in [2.24, 2.45) is 0 Å². The van der Waals surface area contributed by atoms with E-state index in [0.717, 1.165) is 21.4 Å². The van der Waals surface area contributed by atoms with E-state index in [4.69, 9.17) is 11.6 Å². The van der Waals surface area contributed by atoms with Crippen LogP contribution >= 0.6 is 22.9 Å². The van der Waals surface area contributed by atoms with Gasteiger partial charge < -0.3 is 10.4 Å². The number of halogens is 2. The lowest BCUT2D eigenvalue weighted by atomic mass is 10.1. The molecule has 0 aliphatic heterocycles. The van der Waals surface area contributed by atoms with Crippen LogP contribution in [0.1, 0.15) is 31.8 Å². The minimum Gasteiger partial charge on any atom is -0.383 e. The van der Waals surface area contributed by atoms with Crippen molar-refractivity contribution in [2.75, 3.05) is 0 Å². The Morgan fingerprint density at radius 3 is 2.64 bits per heavy atom. The molecule has 3 aromatic rings. The molecule has 2 aromatic carbocycles. The van der Waals surface area contributed by atoms with Gasteiger partial charge in [-0.05, 0) is 35.9 Å². The van der Waals surface area contributed by atoms with Crippen LogP contribution in [0, 0.1) is 5.82 Å². The fourth-order valence-corrected chi connectivity index (χ4v) is 3.59. The van der Waals surface area contributed by atoms with Gasteiger partial charge in [-0.15, -0.1) is 11.3 Å². The molecule has 0 aliphatic carbocycles. The van der Waals surface area contributed by atoms with E-state index in [-0.39, 0.29) is 16.5 Å². The highest BCUT2D eigenvalue weighted by molar-refractivity contribution is 7.12. The molecule has 1 atom stereocenters. The van der Waals surface area contributed by atoms with Gasteiger partial charge in [-0.25, -0.2) is 4.39 Å². The first-order valence-electron chi connectivity index (χ1n) is 7.59. The second-order valence-corrected chi connectivity index (χ2v) is 7.03. The van der Waals surface area contributed by atoms with Crippen molar-refractivity contribution in [1.29, 1.82) is 0 Å². The van der Waals surface area contributed by atoms with E-state index in [0.29, 0.717) is 6.54 Å². The number of carbonyl (C=O) groups is 1. The molecule has 25 heavy (non-hydrogen) atoms. The predicted octanol–water partition coefficient (Wildman–Crippen LogP) is 4.55. The van der Waals surface area contributed by atoms with Gasteiger partial charge in [0.1, 0.15) is 11.9 Å². The van der Waals surface area contributed by atoms with Gasteiger partial charge in [0, 0.05) is 9.75 Å². The van der Waals surface area contributed by atoms with E-state index in [1.165, 1.54) is 23.5 Å². The molecule has 1 heterocycles. The number of rotatable bonds is 5. The van der Waals surface area contributed by atoms with Crippen LogP contribution < -0.4 is 5.32 Å². The van der Waals surface area contributed by atoms with Crippen molar-refractivity contribution in [3.63, 3.8) is 0 Å². The quantitative estimate of drug-likeness (QED) is 0.687. The van der Waals surface area contributed by atoms with Crippen LogP contribution in [-0.4, -0.2) is 11.0 Å². The molecule has 3 nitrogen and oxygen atoms in total. The van der Waals surface area contributed by atoms with E-state index in [2.05, 4.69) is 5.32 Å². The third-order valence-corrected chi connectivity index (χ3v) is 5.12. The second-order valence-electron chi connectivity index (χ2n) is 5.42. The number of amides is 1. The Morgan fingerprint density at radius 1 is 1.16 bits per heavy atom. The molecule has 1 amide bonds. The minimum absolute atomic E-state index is 0.0730. The Labute approximate surface area is 153 Å². The van der Waals surface area contributed by atoms with Crippen molar-refractivity contribution in [1.82, 2.24) is 5.32 Å². The van der Waals surface area contributed by atoms with Gasteiger partial charge in [0.25, 0.3) is 5.91 Å². The Morgan fingerprint density at radius 2 is 1.92 bits per heavy atom. The summed E-state index contributed by atoms with van der Waals surface area (Å²) < 4.78 is 13.0. The Hall–Kier alpha value is -2.21. The van der Waals surface area contributed by atoms with Crippen molar-refractivity contribution in [2.45, 2.75) is 12.6 Å². The third kappa shape index (κ3) is 4.25. The fourth-order valence-electron chi connectivity index (χ4n) is 2.37. The number of thiophene rings is 1. The summed E-state index contributed by atoms with van der Waals surface area (Å²) >= 11 is 7.31. The van der Waals surface area contributed by atoms with Crippen molar-refractivity contribution < 1.29 is 14.3 Å². The first-order chi connectivity index (χ1) is 12.0. The lowest BCUT2D eigenvalue weighted by Gasteiger charge is -2.08. The van der Waals surface area contributed by atoms with Crippen LogP contribution in [0.2, 0.25) is 5.02 Å². The van der Waals surface area contributed by atoms with Crippen LogP contribution in [0.3, 0.4) is 0 Å². The SMILES string of the molecule is O=C(NCc1ccc(C(O)c2ccccc2)s1)c1ccc(F)cc1Cl. The van der Waals surface area contributed by atoms with Crippen LogP contribution in [0.15, 0.2) is 60.7 Å². The zero-order valence-electron chi connectivity index (χ0n) is 13.1. The zero-order valence-corrected chi connectivity index (χ0v) is 14.7. The van der Waals surface area contributed by atoms with Crippen molar-refractivity contribution >= 4 is 28.8 Å². The second kappa shape index (κ2) is 7.78. The number of benzene rings is 2. The fraction of sp³-hybridized carbons (Fsp3) is 0.105. The van der Waals surface area contributed by atoms with Crippen molar-refractivity contribution in [3.8, 4) is 0 Å². The summed E-state index contributed by atoms with van der Waals surface area (Å²) in [6, 6.07) is 16.7. The molecule has 1 aromatic heterocycles. The summed E-state index contributed by atoms with van der Waals surface area (Å²) in [4.78, 5) is 13.9. The number of aliphatic hydroxyl groups excluding tert-OH is 1. The largest absolute Gasteiger partial charge is 0.383 e. The third-order valence-electron chi connectivity index (χ3n) is 3.67. The Balaban J connectivity index is 1.65. The summed E-state index contributed by atoms with van der Waals surface area (Å²) in [5.74, 6) is -0.858. The maximum Gasteiger partial charge on any atom is 0.253 e. The van der Waals surface area contributed by atoms with E-state index in [9.17, 15) is 14.3 Å². The summed E-state index contributed by atoms with van der Waals surface area (Å²) in [6.45, 7) is 0.304. The van der Waals surface area contributed by atoms with Crippen LogP contribution in [0.25, 0.3) is 0 Å². The molecule has 0 bridgehead atoms. The lowest BCUT2D eigenvalue weighted by molar-refractivity contribution is 0.0951. The van der Waals surface area contributed by atoms with Crippen LogP contribution in [-0.2, 0) is 6.54 Å². The average molecular weight is 376 g/mol. The molecule has 0 fully saturated rings. The molecule has 0 saturated carbocycles. The number of hydrogen-bond donors (Lipinski definition) is 2. The predicted molar refractivity (Wildman–Crippen MR) is 97.4 cm³/mol. The van der Waals surface area contributed by atoms with Gasteiger partial charge in [0.05, 0.1) is 17.1 Å². The molecule has 0 radical (unpaired) electrons. The molecular weight excluding hydrogens is 361 g/mol. The maximum atomic E-state index is 13.0. The number of carbonyl (C=O) groups excluding carboxylic acids is 1. The molecule has 6 heteroatoms. The highest BCUT2D eigenvalue weighted by Gasteiger charge is 2.14. The normalized spacial score (nSPS) is 12.0. The summed E-state index contributed by atoms with van der Waals surface area (Å²) in [5.41, 5.74) is 1.04. The van der Waals surface area contributed by atoms with E-state index in [1.54, 1.807) is 0 Å². The monoisotopic (exact) mass is 375 g/mol. The number of hydrogen-bond acceptors (Lipinski definition) is 3. The first-order valence-corrected chi connectivity index (χ1v) is 8.79. The molecule has 0 spiro atoms. The van der Waals surface area contributed by atoms with Gasteiger partial charge in [-0.2, -0.15) is 0 Å². The van der Waals surface area contributed by atoms with Crippen LogP contribution in [0.4, 0.5) is 4.39 Å². The highest BCUT2D eigenvalue weighted by atomic mass is 35.5. The Bertz CT molecular complexity index is 882. The zero-order chi connectivity index (χ0) is 17.8. The molecular formula is C19H15ClFNO2S. The van der Waals surface area contributed by atoms with Gasteiger partial charge in [-0.3, -0.25) is 4.79 Å². The van der Waals surface area contributed by atoms with Gasteiger partial charge in [0.15, 0.2) is 0 Å². The average Bonchev–Trinajstić information content (AvgIpc) is 3.09. The standard InChI is InChI=1S/C19H15ClFNO2S/c20-16-10-13(21)6-8-15(16)19(24)22-11-14-7-9-17(25-14)18(23)12-4-2-1-3-5-12/h1-10,18,23H,11H2,(H,22,24). The van der Waals surface area contributed by atoms with E-state index >= 15 is 0 Å². The van der Waals surface area contributed by atoms with E-state index in [1.807, 2.05) is 42.5 Å². The topological polar surface area (TPSA) is 49.3 Å². The molecule has 3 rings (SSSR count). The molecule has 128 valence electrons. The molecule has 2 N–H and O–H groups in total. The molecule has 0 saturated heterocycles. The Kier molecular flexibility index (Phi) is 5.48. The van der Waals surface area contributed by atoms with Crippen LogP contribution in [0.5, 0.6) is 0 Å². The first kappa shape index (κ1) is 17.6. The minimum atomic E-state index is -0.692. The summed E-state index contributed by atoms with van der Waals surface area (Å²) in [5, 5.41) is 13.2. The molecule has 1 unspecified atom stereocenters.